The van der Waals surface area contributed by atoms with E-state index in [1.54, 1.807) is 6.92 Å². The Morgan fingerprint density at radius 3 is 1.42 bits per heavy atom. The summed E-state index contributed by atoms with van der Waals surface area (Å²) in [4.78, 5) is -1.15. The van der Waals surface area contributed by atoms with Crippen LogP contribution >= 0.6 is 0 Å². The van der Waals surface area contributed by atoms with E-state index in [0.29, 0.717) is 5.56 Å². The van der Waals surface area contributed by atoms with E-state index in [0.717, 1.165) is 36.4 Å². The van der Waals surface area contributed by atoms with E-state index in [1.165, 1.54) is 48.5 Å². The Balaban J connectivity index is 2.35. The first-order valence-electron chi connectivity index (χ1n) is 8.99. The lowest BCUT2D eigenvalue weighted by Crippen LogP contribution is -2.45. The van der Waals surface area contributed by atoms with Gasteiger partial charge >= 0.3 is 6.18 Å². The van der Waals surface area contributed by atoms with Crippen LogP contribution in [0.1, 0.15) is 17.2 Å². The molecule has 0 fully saturated rings. The number of rotatable bonds is 6. The van der Waals surface area contributed by atoms with E-state index in [1.807, 2.05) is 0 Å². The van der Waals surface area contributed by atoms with E-state index < -0.39 is 51.3 Å². The number of halogens is 3. The second-order valence-corrected chi connectivity index (χ2v) is 10.6. The average molecular weight is 470 g/mol. The van der Waals surface area contributed by atoms with Crippen LogP contribution in [0.5, 0.6) is 0 Å². The van der Waals surface area contributed by atoms with Crippen LogP contribution in [0.4, 0.5) is 13.2 Å². The first-order valence-corrected chi connectivity index (χ1v) is 11.9. The summed E-state index contributed by atoms with van der Waals surface area (Å²) in [5.74, 6) is 0. The fourth-order valence-electron chi connectivity index (χ4n) is 2.98. The first-order chi connectivity index (χ1) is 14.5. The van der Waals surface area contributed by atoms with Gasteiger partial charge in [-0.05, 0) is 36.8 Å². The molecule has 1 atom stereocenters. The van der Waals surface area contributed by atoms with Gasteiger partial charge in [0.15, 0.2) is 6.04 Å². The molecular weight excluding hydrogens is 451 g/mol. The lowest BCUT2D eigenvalue weighted by Gasteiger charge is -2.32. The molecule has 0 spiro atoms. The molecule has 0 aliphatic rings. The third-order valence-electron chi connectivity index (χ3n) is 4.47. The topological polar surface area (TPSA) is 71.5 Å². The van der Waals surface area contributed by atoms with Crippen molar-refractivity contribution in [2.24, 2.45) is 0 Å². The van der Waals surface area contributed by atoms with Gasteiger partial charge in [0.2, 0.25) is 0 Å². The summed E-state index contributed by atoms with van der Waals surface area (Å²) < 4.78 is 95.7. The van der Waals surface area contributed by atoms with Crippen LogP contribution in [0.15, 0.2) is 94.7 Å². The summed E-state index contributed by atoms with van der Waals surface area (Å²) in [5, 5.41) is 0. The molecule has 0 radical (unpaired) electrons. The molecule has 0 aliphatic carbocycles. The van der Waals surface area contributed by atoms with Gasteiger partial charge in [-0.2, -0.15) is 13.2 Å². The zero-order chi connectivity index (χ0) is 22.9. The zero-order valence-corrected chi connectivity index (χ0v) is 17.8. The molecule has 1 unspecified atom stereocenters. The SMILES string of the molecule is Cc1ccc(C(N(S(=O)(=O)c2ccccc2)S(=O)(=O)c2ccccc2)C(F)(F)F)cc1. The molecule has 0 bridgehead atoms. The Labute approximate surface area is 178 Å². The molecule has 0 N–H and O–H groups in total. The second-order valence-electron chi connectivity index (χ2n) is 6.72. The van der Waals surface area contributed by atoms with Crippen LogP contribution in [-0.4, -0.2) is 26.7 Å². The minimum absolute atomic E-state index is 0.435. The van der Waals surface area contributed by atoms with Gasteiger partial charge in [0.1, 0.15) is 0 Å². The third-order valence-corrected chi connectivity index (χ3v) is 8.75. The number of nitrogens with zero attached hydrogens (tertiary/aromatic N) is 1. The third kappa shape index (κ3) is 4.65. The zero-order valence-electron chi connectivity index (χ0n) is 16.2. The molecule has 0 aromatic heterocycles. The van der Waals surface area contributed by atoms with Gasteiger partial charge in [-0.25, -0.2) is 16.8 Å². The van der Waals surface area contributed by atoms with Crippen LogP contribution in [-0.2, 0) is 20.0 Å². The number of benzene rings is 3. The van der Waals surface area contributed by atoms with E-state index in [4.69, 9.17) is 0 Å². The van der Waals surface area contributed by atoms with Crippen molar-refractivity contribution in [3.63, 3.8) is 0 Å². The molecule has 10 heteroatoms. The van der Waals surface area contributed by atoms with E-state index >= 15 is 0 Å². The van der Waals surface area contributed by atoms with E-state index in [2.05, 4.69) is 0 Å². The number of hydrogen-bond donors (Lipinski definition) is 0. The average Bonchev–Trinajstić information content (AvgIpc) is 2.73. The molecule has 3 rings (SSSR count). The van der Waals surface area contributed by atoms with Gasteiger partial charge in [0, 0.05) is 0 Å². The largest absolute Gasteiger partial charge is 0.410 e. The molecule has 31 heavy (non-hydrogen) atoms. The number of aryl methyl sites for hydroxylation is 1. The monoisotopic (exact) mass is 469 g/mol. The molecule has 5 nitrogen and oxygen atoms in total. The maximum Gasteiger partial charge on any atom is 0.410 e. The molecule has 3 aromatic rings. The van der Waals surface area contributed by atoms with Gasteiger partial charge in [0.25, 0.3) is 20.0 Å². The summed E-state index contributed by atoms with van der Waals surface area (Å²) in [7, 11) is -10.2. The Hall–Kier alpha value is -2.69. The maximum absolute atomic E-state index is 14.3. The van der Waals surface area contributed by atoms with Crippen molar-refractivity contribution in [3.05, 3.63) is 96.1 Å². The maximum atomic E-state index is 14.3. The summed E-state index contributed by atoms with van der Waals surface area (Å²) in [5.41, 5.74) is 0.116. The second kappa shape index (κ2) is 8.45. The molecule has 0 saturated heterocycles. The predicted molar refractivity (Wildman–Crippen MR) is 109 cm³/mol. The van der Waals surface area contributed by atoms with Crippen molar-refractivity contribution in [1.82, 2.24) is 3.71 Å². The minimum Gasteiger partial charge on any atom is -0.206 e. The van der Waals surface area contributed by atoms with E-state index in [-0.39, 0.29) is 0 Å². The number of alkyl halides is 3. The van der Waals surface area contributed by atoms with Gasteiger partial charge in [-0.1, -0.05) is 69.9 Å². The lowest BCUT2D eigenvalue weighted by atomic mass is 10.1. The number of hydrogen-bond acceptors (Lipinski definition) is 4. The molecule has 0 amide bonds. The van der Waals surface area contributed by atoms with Gasteiger partial charge in [-0.3, -0.25) is 0 Å². The highest BCUT2D eigenvalue weighted by atomic mass is 32.3. The van der Waals surface area contributed by atoms with Crippen molar-refractivity contribution in [1.29, 1.82) is 0 Å². The van der Waals surface area contributed by atoms with Crippen LogP contribution in [0, 0.1) is 6.92 Å². The molecular formula is C21H18F3NO4S2. The fourth-order valence-corrected chi connectivity index (χ4v) is 6.98. The van der Waals surface area contributed by atoms with Crippen LogP contribution in [0.25, 0.3) is 0 Å². The van der Waals surface area contributed by atoms with Crippen molar-refractivity contribution in [3.8, 4) is 0 Å². The Morgan fingerprint density at radius 2 is 1.06 bits per heavy atom. The van der Waals surface area contributed by atoms with Crippen LogP contribution in [0.2, 0.25) is 0 Å². The summed E-state index contributed by atoms with van der Waals surface area (Å²) in [6.07, 6.45) is -5.22. The van der Waals surface area contributed by atoms with Gasteiger partial charge in [0.05, 0.1) is 9.79 Å². The standard InChI is InChI=1S/C21H18F3NO4S2/c1-16-12-14-17(15-13-16)20(21(22,23)24)25(30(26,27)18-8-4-2-5-9-18)31(28,29)19-10-6-3-7-11-19/h2-15,20H,1H3. The highest BCUT2D eigenvalue weighted by Crippen LogP contribution is 2.43. The highest BCUT2D eigenvalue weighted by molar-refractivity contribution is 8.04. The minimum atomic E-state index is -5.22. The smallest absolute Gasteiger partial charge is 0.206 e. The molecule has 0 heterocycles. The summed E-state index contributed by atoms with van der Waals surface area (Å²) >= 11 is 0. The summed E-state index contributed by atoms with van der Waals surface area (Å²) in [6, 6.07) is 14.2. The Kier molecular flexibility index (Phi) is 6.26. The molecule has 0 saturated carbocycles. The quantitative estimate of drug-likeness (QED) is 0.526. The van der Waals surface area contributed by atoms with E-state index in [9.17, 15) is 30.0 Å². The molecule has 0 aliphatic heterocycles. The fraction of sp³-hybridized carbons (Fsp3) is 0.143. The lowest BCUT2D eigenvalue weighted by molar-refractivity contribution is -0.164. The Morgan fingerprint density at radius 1 is 0.677 bits per heavy atom. The molecule has 164 valence electrons. The van der Waals surface area contributed by atoms with Gasteiger partial charge in [-0.15, -0.1) is 0 Å². The predicted octanol–water partition coefficient (Wildman–Crippen LogP) is 4.68. The number of sulfonamides is 2. The molecule has 3 aromatic carbocycles. The van der Waals surface area contributed by atoms with Crippen molar-refractivity contribution in [2.75, 3.05) is 0 Å². The van der Waals surface area contributed by atoms with Gasteiger partial charge < -0.3 is 0 Å². The summed E-state index contributed by atoms with van der Waals surface area (Å²) in [6.45, 7) is 1.64. The van der Waals surface area contributed by atoms with Crippen LogP contribution in [0.3, 0.4) is 0 Å². The van der Waals surface area contributed by atoms with Crippen molar-refractivity contribution < 1.29 is 30.0 Å². The Bertz CT molecular complexity index is 1170. The van der Waals surface area contributed by atoms with Crippen LogP contribution < -0.4 is 0 Å². The van der Waals surface area contributed by atoms with Crippen molar-refractivity contribution >= 4 is 20.0 Å². The van der Waals surface area contributed by atoms with Crippen molar-refractivity contribution in [2.45, 2.75) is 28.9 Å². The highest BCUT2D eigenvalue weighted by Gasteiger charge is 2.54. The first kappa shape index (κ1) is 23.0. The normalized spacial score (nSPS) is 13.8.